The molecule has 1 aromatic carbocycles. The standard InChI is InChI=1S/C16H13N5OS/c17-16-20-14-13(18-9-19-14)15(21-16)22-8-11-6-7-12(23-11)10-4-2-1-3-5-10/h1-7,9H,8H2,(H3,17,18,19,20,21)/p+1. The number of nitrogens with one attached hydrogen (secondary N) is 2. The molecule has 7 heteroatoms. The molecule has 0 aliphatic rings. The lowest BCUT2D eigenvalue weighted by molar-refractivity contribution is -0.380. The summed E-state index contributed by atoms with van der Waals surface area (Å²) in [5.74, 6) is 0.815. The molecule has 6 nitrogen and oxygen atoms in total. The van der Waals surface area contributed by atoms with Gasteiger partial charge in [0.2, 0.25) is 0 Å². The molecule has 4 rings (SSSR count). The second kappa shape index (κ2) is 5.69. The zero-order valence-corrected chi connectivity index (χ0v) is 12.9. The third-order valence-electron chi connectivity index (χ3n) is 3.39. The lowest BCUT2D eigenvalue weighted by atomic mass is 10.2. The van der Waals surface area contributed by atoms with Crippen molar-refractivity contribution in [3.8, 4) is 16.3 Å². The van der Waals surface area contributed by atoms with Crippen LogP contribution < -0.4 is 15.5 Å². The largest absolute Gasteiger partial charge is 0.461 e. The summed E-state index contributed by atoms with van der Waals surface area (Å²) in [6.07, 6.45) is 1.57. The Kier molecular flexibility index (Phi) is 3.39. The van der Waals surface area contributed by atoms with Gasteiger partial charge in [-0.3, -0.25) is 5.73 Å². The fraction of sp³-hybridized carbons (Fsp3) is 0.0625. The molecule has 0 fully saturated rings. The average molecular weight is 324 g/mol. The summed E-state index contributed by atoms with van der Waals surface area (Å²) in [7, 11) is 0. The molecule has 0 aliphatic carbocycles. The van der Waals surface area contributed by atoms with Gasteiger partial charge in [-0.1, -0.05) is 30.3 Å². The Hall–Kier alpha value is -2.93. The van der Waals surface area contributed by atoms with Crippen molar-refractivity contribution < 1.29 is 9.72 Å². The highest BCUT2D eigenvalue weighted by molar-refractivity contribution is 7.15. The van der Waals surface area contributed by atoms with Crippen molar-refractivity contribution in [3.63, 3.8) is 0 Å². The zero-order chi connectivity index (χ0) is 15.6. The van der Waals surface area contributed by atoms with Gasteiger partial charge in [-0.25, -0.2) is 9.97 Å². The molecule has 0 aliphatic heterocycles. The number of nitrogens with two attached hydrogens (primary N) is 1. The van der Waals surface area contributed by atoms with E-state index in [2.05, 4.69) is 44.2 Å². The Bertz CT molecular complexity index is 947. The number of nitrogens with zero attached hydrogens (tertiary/aromatic N) is 2. The van der Waals surface area contributed by atoms with Gasteiger partial charge < -0.3 is 9.72 Å². The molecule has 0 spiro atoms. The first-order chi connectivity index (χ1) is 11.3. The molecule has 4 aromatic rings. The van der Waals surface area contributed by atoms with Crippen LogP contribution >= 0.6 is 11.3 Å². The number of aromatic amines is 2. The molecule has 3 aromatic heterocycles. The molecule has 114 valence electrons. The van der Waals surface area contributed by atoms with Gasteiger partial charge in [0.05, 0.1) is 6.33 Å². The van der Waals surface area contributed by atoms with E-state index in [0.29, 0.717) is 23.7 Å². The maximum absolute atomic E-state index is 5.86. The third-order valence-corrected chi connectivity index (χ3v) is 4.50. The zero-order valence-electron chi connectivity index (χ0n) is 12.1. The van der Waals surface area contributed by atoms with Crippen LogP contribution in [0.25, 0.3) is 21.6 Å². The summed E-state index contributed by atoms with van der Waals surface area (Å²) in [6, 6.07) is 14.5. The van der Waals surface area contributed by atoms with Crippen LogP contribution in [0.3, 0.4) is 0 Å². The predicted molar refractivity (Wildman–Crippen MR) is 88.9 cm³/mol. The normalized spacial score (nSPS) is 11.0. The minimum atomic E-state index is 0.274. The van der Waals surface area contributed by atoms with E-state index in [0.717, 1.165) is 4.88 Å². The molecule has 4 N–H and O–H groups in total. The quantitative estimate of drug-likeness (QED) is 0.604. The third kappa shape index (κ3) is 2.74. The number of thiophene rings is 1. The van der Waals surface area contributed by atoms with E-state index in [1.54, 1.807) is 17.7 Å². The fourth-order valence-corrected chi connectivity index (χ4v) is 3.25. The molecule has 3 heterocycles. The fourth-order valence-electron chi connectivity index (χ4n) is 2.32. The number of aromatic nitrogens is 4. The minimum absolute atomic E-state index is 0.274. The van der Waals surface area contributed by atoms with Gasteiger partial charge in [-0.15, -0.1) is 11.3 Å². The van der Waals surface area contributed by atoms with E-state index in [4.69, 9.17) is 10.5 Å². The number of hydrogen-bond acceptors (Lipinski definition) is 5. The molecule has 0 saturated carbocycles. The van der Waals surface area contributed by atoms with E-state index in [1.165, 1.54) is 10.4 Å². The van der Waals surface area contributed by atoms with Crippen LogP contribution in [0.15, 0.2) is 48.8 Å². The summed E-state index contributed by atoms with van der Waals surface area (Å²) in [4.78, 5) is 16.5. The summed E-state index contributed by atoms with van der Waals surface area (Å²) in [6.45, 7) is 0.450. The van der Waals surface area contributed by atoms with Crippen molar-refractivity contribution >= 4 is 28.4 Å². The van der Waals surface area contributed by atoms with E-state index in [9.17, 15) is 0 Å². The Balaban J connectivity index is 1.55. The van der Waals surface area contributed by atoms with E-state index >= 15 is 0 Å². The van der Waals surface area contributed by atoms with Crippen LogP contribution in [0.4, 0.5) is 5.95 Å². The first-order valence-corrected chi connectivity index (χ1v) is 7.90. The Morgan fingerprint density at radius 2 is 2.04 bits per heavy atom. The van der Waals surface area contributed by atoms with Gasteiger partial charge in [0, 0.05) is 9.75 Å². The molecule has 23 heavy (non-hydrogen) atoms. The topological polar surface area (TPSA) is 91.0 Å². The number of H-pyrrole nitrogens is 2. The smallest absolute Gasteiger partial charge is 0.392 e. The van der Waals surface area contributed by atoms with Crippen molar-refractivity contribution in [2.24, 2.45) is 0 Å². The molecule has 0 amide bonds. The molecule has 0 saturated heterocycles. The molecular weight excluding hydrogens is 310 g/mol. The monoisotopic (exact) mass is 324 g/mol. The number of benzene rings is 1. The lowest BCUT2D eigenvalue weighted by Crippen LogP contribution is -2.17. The first kappa shape index (κ1) is 13.7. The molecule has 0 unspecified atom stereocenters. The number of imidazole rings is 1. The number of fused-ring (bicyclic) bond motifs is 1. The maximum Gasteiger partial charge on any atom is 0.392 e. The van der Waals surface area contributed by atoms with Crippen molar-refractivity contribution in [1.29, 1.82) is 0 Å². The highest BCUT2D eigenvalue weighted by Gasteiger charge is 2.15. The summed E-state index contributed by atoms with van der Waals surface area (Å²) in [5, 5.41) is 0. The van der Waals surface area contributed by atoms with Gasteiger partial charge >= 0.3 is 5.95 Å². The summed E-state index contributed by atoms with van der Waals surface area (Å²) in [5.41, 5.74) is 8.18. The second-order valence-corrected chi connectivity index (χ2v) is 6.14. The van der Waals surface area contributed by atoms with Crippen LogP contribution in [-0.4, -0.2) is 15.0 Å². The Morgan fingerprint density at radius 3 is 2.91 bits per heavy atom. The number of anilines is 1. The van der Waals surface area contributed by atoms with Gasteiger partial charge in [0.1, 0.15) is 6.61 Å². The summed E-state index contributed by atoms with van der Waals surface area (Å²) >= 11 is 1.71. The number of ether oxygens (including phenoxy) is 1. The Labute approximate surface area is 136 Å². The van der Waals surface area contributed by atoms with Crippen molar-refractivity contribution in [3.05, 3.63) is 53.7 Å². The Morgan fingerprint density at radius 1 is 1.17 bits per heavy atom. The number of hydrogen-bond donors (Lipinski definition) is 2. The number of nitrogen functional groups attached to an aromatic ring is 1. The van der Waals surface area contributed by atoms with Crippen molar-refractivity contribution in [2.45, 2.75) is 6.61 Å². The van der Waals surface area contributed by atoms with Crippen LogP contribution in [0.1, 0.15) is 4.88 Å². The molecule has 0 radical (unpaired) electrons. The van der Waals surface area contributed by atoms with Gasteiger partial charge in [0.15, 0.2) is 5.52 Å². The van der Waals surface area contributed by atoms with Crippen molar-refractivity contribution in [1.82, 2.24) is 15.0 Å². The van der Waals surface area contributed by atoms with Crippen molar-refractivity contribution in [2.75, 3.05) is 5.73 Å². The van der Waals surface area contributed by atoms with Gasteiger partial charge in [-0.2, -0.15) is 0 Å². The van der Waals surface area contributed by atoms with Crippen LogP contribution in [0, 0.1) is 0 Å². The molecule has 0 atom stereocenters. The lowest BCUT2D eigenvalue weighted by Gasteiger charge is -2.02. The van der Waals surface area contributed by atoms with E-state index in [1.807, 2.05) is 18.2 Å². The van der Waals surface area contributed by atoms with E-state index < -0.39 is 0 Å². The van der Waals surface area contributed by atoms with E-state index in [-0.39, 0.29) is 5.95 Å². The minimum Gasteiger partial charge on any atom is -0.461 e. The van der Waals surface area contributed by atoms with Crippen LogP contribution in [0.2, 0.25) is 0 Å². The number of rotatable bonds is 4. The predicted octanol–water partition coefficient (Wildman–Crippen LogP) is 2.66. The highest BCUT2D eigenvalue weighted by Crippen LogP contribution is 2.28. The summed E-state index contributed by atoms with van der Waals surface area (Å²) < 4.78 is 5.86. The highest BCUT2D eigenvalue weighted by atomic mass is 32.1. The SMILES string of the molecule is Nc1nc2nc[nH]c2c(OCc2ccc(-c3ccccc3)s2)[nH+]1. The molecular formula is C16H14N5OS+. The van der Waals surface area contributed by atoms with Gasteiger partial charge in [-0.05, 0) is 22.7 Å². The molecule has 0 bridgehead atoms. The maximum atomic E-state index is 5.86. The second-order valence-electron chi connectivity index (χ2n) is 4.97. The van der Waals surface area contributed by atoms with Gasteiger partial charge in [0.25, 0.3) is 11.5 Å². The first-order valence-electron chi connectivity index (χ1n) is 7.08. The van der Waals surface area contributed by atoms with Crippen LogP contribution in [-0.2, 0) is 6.61 Å². The average Bonchev–Trinajstić information content (AvgIpc) is 3.22. The van der Waals surface area contributed by atoms with Crippen LogP contribution in [0.5, 0.6) is 5.88 Å².